The van der Waals surface area contributed by atoms with Crippen molar-refractivity contribution in [3.05, 3.63) is 52.0 Å². The van der Waals surface area contributed by atoms with Crippen LogP contribution in [-0.4, -0.2) is 20.5 Å². The third-order valence-corrected chi connectivity index (χ3v) is 4.23. The second-order valence-electron chi connectivity index (χ2n) is 4.83. The summed E-state index contributed by atoms with van der Waals surface area (Å²) in [6.45, 7) is 1.84. The van der Waals surface area contributed by atoms with Crippen molar-refractivity contribution in [3.63, 3.8) is 0 Å². The maximum absolute atomic E-state index is 13.0. The van der Waals surface area contributed by atoms with Gasteiger partial charge >= 0.3 is 0 Å². The first-order chi connectivity index (χ1) is 10.5. The molecular formula is C14H12ClFN4OS. The highest BCUT2D eigenvalue weighted by Gasteiger charge is 2.15. The van der Waals surface area contributed by atoms with E-state index in [1.54, 1.807) is 16.2 Å². The Hall–Kier alpha value is -1.99. The van der Waals surface area contributed by atoms with Gasteiger partial charge in [-0.15, -0.1) is 0 Å². The van der Waals surface area contributed by atoms with E-state index in [0.29, 0.717) is 5.56 Å². The second-order valence-corrected chi connectivity index (χ2v) is 6.05. The number of benzene rings is 1. The Kier molecular flexibility index (Phi) is 4.08. The summed E-state index contributed by atoms with van der Waals surface area (Å²) in [6, 6.07) is 3.74. The minimum Gasteiger partial charge on any atom is -0.348 e. The van der Waals surface area contributed by atoms with Gasteiger partial charge in [0.1, 0.15) is 11.3 Å². The van der Waals surface area contributed by atoms with Crippen LogP contribution in [-0.2, 0) is 11.2 Å². The van der Waals surface area contributed by atoms with Gasteiger partial charge in [-0.2, -0.15) is 5.10 Å². The van der Waals surface area contributed by atoms with E-state index in [-0.39, 0.29) is 23.4 Å². The smallest absolute Gasteiger partial charge is 0.224 e. The van der Waals surface area contributed by atoms with E-state index in [1.807, 2.05) is 6.92 Å². The third-order valence-electron chi connectivity index (χ3n) is 3.19. The molecule has 114 valence electrons. The third kappa shape index (κ3) is 3.10. The zero-order chi connectivity index (χ0) is 15.7. The predicted molar refractivity (Wildman–Crippen MR) is 82.5 cm³/mol. The summed E-state index contributed by atoms with van der Waals surface area (Å²) in [5.74, 6) is -0.626. The number of nitrogens with one attached hydrogen (secondary N) is 1. The molecule has 1 atom stereocenters. The van der Waals surface area contributed by atoms with E-state index in [0.717, 1.165) is 10.7 Å². The van der Waals surface area contributed by atoms with Crippen LogP contribution in [0, 0.1) is 5.82 Å². The number of rotatable bonds is 4. The van der Waals surface area contributed by atoms with Gasteiger partial charge in [0.2, 0.25) is 10.9 Å². The highest BCUT2D eigenvalue weighted by atomic mass is 35.5. The van der Waals surface area contributed by atoms with Gasteiger partial charge in [-0.25, -0.2) is 13.9 Å². The van der Waals surface area contributed by atoms with Crippen LogP contribution in [0.5, 0.6) is 0 Å². The lowest BCUT2D eigenvalue weighted by molar-refractivity contribution is -0.121. The molecule has 0 aliphatic carbocycles. The fourth-order valence-electron chi connectivity index (χ4n) is 2.07. The Labute approximate surface area is 134 Å². The van der Waals surface area contributed by atoms with Crippen molar-refractivity contribution >= 4 is 33.8 Å². The molecule has 22 heavy (non-hydrogen) atoms. The summed E-state index contributed by atoms with van der Waals surface area (Å²) in [6.07, 6.45) is 1.87. The summed E-state index contributed by atoms with van der Waals surface area (Å²) in [7, 11) is 0. The highest BCUT2D eigenvalue weighted by molar-refractivity contribution is 7.14. The molecule has 0 aliphatic rings. The van der Waals surface area contributed by atoms with Crippen LogP contribution in [0.4, 0.5) is 4.39 Å². The zero-order valence-electron chi connectivity index (χ0n) is 11.6. The number of nitrogens with zero attached hydrogens (tertiary/aromatic N) is 3. The minimum absolute atomic E-state index is 0.0872. The van der Waals surface area contributed by atoms with Gasteiger partial charge < -0.3 is 5.32 Å². The lowest BCUT2D eigenvalue weighted by Gasteiger charge is -2.12. The van der Waals surface area contributed by atoms with Crippen molar-refractivity contribution in [3.8, 4) is 0 Å². The zero-order valence-corrected chi connectivity index (χ0v) is 13.2. The number of fused-ring (bicyclic) bond motifs is 1. The molecule has 2 heterocycles. The van der Waals surface area contributed by atoms with E-state index in [4.69, 9.17) is 11.6 Å². The molecule has 3 rings (SSSR count). The average molecular weight is 339 g/mol. The van der Waals surface area contributed by atoms with Crippen molar-refractivity contribution in [2.24, 2.45) is 0 Å². The van der Waals surface area contributed by atoms with Crippen LogP contribution in [0.15, 0.2) is 29.9 Å². The number of hydrogen-bond donors (Lipinski definition) is 1. The number of hydrogen-bond acceptors (Lipinski definition) is 4. The molecule has 0 aliphatic heterocycles. The van der Waals surface area contributed by atoms with E-state index >= 15 is 0 Å². The Balaban J connectivity index is 1.67. The minimum atomic E-state index is -0.423. The summed E-state index contributed by atoms with van der Waals surface area (Å²) in [4.78, 5) is 17.2. The molecule has 1 amide bonds. The molecule has 5 nitrogen and oxygen atoms in total. The normalized spacial score (nSPS) is 12.5. The SMILES string of the molecule is CC(NC(=O)Cc1ccc(F)cc1Cl)c1cn2ncsc2n1. The van der Waals surface area contributed by atoms with Crippen LogP contribution < -0.4 is 5.32 Å². The van der Waals surface area contributed by atoms with Gasteiger partial charge in [-0.05, 0) is 24.6 Å². The van der Waals surface area contributed by atoms with Crippen LogP contribution in [0.2, 0.25) is 5.02 Å². The molecule has 1 unspecified atom stereocenters. The number of carbonyl (C=O) groups is 1. The first kappa shape index (κ1) is 14.9. The molecule has 2 aromatic heterocycles. The van der Waals surface area contributed by atoms with Crippen LogP contribution in [0.1, 0.15) is 24.2 Å². The van der Waals surface area contributed by atoms with E-state index in [2.05, 4.69) is 15.4 Å². The average Bonchev–Trinajstić information content (AvgIpc) is 3.02. The first-order valence-electron chi connectivity index (χ1n) is 6.55. The predicted octanol–water partition coefficient (Wildman–Crippen LogP) is 3.00. The summed E-state index contributed by atoms with van der Waals surface area (Å²) in [5.41, 5.74) is 3.02. The highest BCUT2D eigenvalue weighted by Crippen LogP contribution is 2.19. The molecule has 0 fully saturated rings. The topological polar surface area (TPSA) is 59.3 Å². The van der Waals surface area contributed by atoms with Crippen molar-refractivity contribution in [2.75, 3.05) is 0 Å². The fourth-order valence-corrected chi connectivity index (χ4v) is 2.91. The quantitative estimate of drug-likeness (QED) is 0.795. The number of imidazole rings is 1. The van der Waals surface area contributed by atoms with Gasteiger partial charge in [0.05, 0.1) is 24.4 Å². The molecule has 3 aromatic rings. The summed E-state index contributed by atoms with van der Waals surface area (Å²) in [5, 5.41) is 7.19. The van der Waals surface area contributed by atoms with Gasteiger partial charge in [-0.1, -0.05) is 29.0 Å². The maximum Gasteiger partial charge on any atom is 0.224 e. The maximum atomic E-state index is 13.0. The Bertz CT molecular complexity index is 803. The first-order valence-corrected chi connectivity index (χ1v) is 7.81. The number of carbonyl (C=O) groups excluding carboxylic acids is 1. The molecule has 0 saturated carbocycles. The van der Waals surface area contributed by atoms with E-state index in [9.17, 15) is 9.18 Å². The molecular weight excluding hydrogens is 327 g/mol. The van der Waals surface area contributed by atoms with Gasteiger partial charge in [0, 0.05) is 5.02 Å². The molecule has 8 heteroatoms. The van der Waals surface area contributed by atoms with Gasteiger partial charge in [-0.3, -0.25) is 4.79 Å². The second kappa shape index (κ2) is 6.02. The Morgan fingerprint density at radius 3 is 3.09 bits per heavy atom. The summed E-state index contributed by atoms with van der Waals surface area (Å²) >= 11 is 7.35. The Morgan fingerprint density at radius 1 is 1.55 bits per heavy atom. The van der Waals surface area contributed by atoms with Crippen molar-refractivity contribution in [2.45, 2.75) is 19.4 Å². The summed E-state index contributed by atoms with van der Waals surface area (Å²) < 4.78 is 14.7. The molecule has 1 N–H and O–H groups in total. The lowest BCUT2D eigenvalue weighted by Crippen LogP contribution is -2.28. The van der Waals surface area contributed by atoms with E-state index < -0.39 is 5.82 Å². The molecule has 0 saturated heterocycles. The lowest BCUT2D eigenvalue weighted by atomic mass is 10.1. The Morgan fingerprint density at radius 2 is 2.36 bits per heavy atom. The van der Waals surface area contributed by atoms with Gasteiger partial charge in [0.15, 0.2) is 0 Å². The monoisotopic (exact) mass is 338 g/mol. The van der Waals surface area contributed by atoms with Crippen LogP contribution >= 0.6 is 22.9 Å². The standard InChI is InChI=1S/C14H12ClFN4OS/c1-8(12-6-20-14(19-12)22-7-17-20)18-13(21)4-9-2-3-10(16)5-11(9)15/h2-3,5-8H,4H2,1H3,(H,18,21). The number of halogens is 2. The molecule has 0 radical (unpaired) electrons. The van der Waals surface area contributed by atoms with E-state index in [1.165, 1.54) is 29.5 Å². The largest absolute Gasteiger partial charge is 0.348 e. The van der Waals surface area contributed by atoms with Crippen molar-refractivity contribution < 1.29 is 9.18 Å². The fraction of sp³-hybridized carbons (Fsp3) is 0.214. The van der Waals surface area contributed by atoms with Crippen molar-refractivity contribution in [1.82, 2.24) is 19.9 Å². The number of aromatic nitrogens is 3. The van der Waals surface area contributed by atoms with Gasteiger partial charge in [0.25, 0.3) is 0 Å². The van der Waals surface area contributed by atoms with Crippen LogP contribution in [0.25, 0.3) is 4.96 Å². The number of amides is 1. The molecule has 0 bridgehead atoms. The molecule has 0 spiro atoms. The van der Waals surface area contributed by atoms with Crippen LogP contribution in [0.3, 0.4) is 0 Å². The van der Waals surface area contributed by atoms with Crippen molar-refractivity contribution in [1.29, 1.82) is 0 Å². The molecule has 1 aromatic carbocycles.